The van der Waals surface area contributed by atoms with E-state index in [1.807, 2.05) is 19.1 Å². The quantitative estimate of drug-likeness (QED) is 0.804. The van der Waals surface area contributed by atoms with Crippen LogP contribution in [-0.4, -0.2) is 43.6 Å². The number of hydrogen-bond acceptors (Lipinski definition) is 4. The molecule has 1 amide bonds. The first-order valence-corrected chi connectivity index (χ1v) is 8.00. The summed E-state index contributed by atoms with van der Waals surface area (Å²) >= 11 is 0. The zero-order chi connectivity index (χ0) is 15.9. The molecule has 0 saturated carbocycles. The lowest BCUT2D eigenvalue weighted by atomic mass is 10.0. The number of benzene rings is 1. The van der Waals surface area contributed by atoms with Crippen LogP contribution in [0.3, 0.4) is 0 Å². The summed E-state index contributed by atoms with van der Waals surface area (Å²) in [5.74, 6) is 0.866. The Morgan fingerprint density at radius 3 is 2.77 bits per heavy atom. The minimum Gasteiger partial charge on any atom is -0.497 e. The average Bonchev–Trinajstić information content (AvgIpc) is 3.01. The molecule has 1 heterocycles. The van der Waals surface area contributed by atoms with Crippen LogP contribution in [0.1, 0.15) is 37.8 Å². The number of carbonyl (C=O) groups is 1. The van der Waals surface area contributed by atoms with Crippen molar-refractivity contribution in [1.29, 1.82) is 0 Å². The van der Waals surface area contributed by atoms with E-state index < -0.39 is 0 Å². The lowest BCUT2D eigenvalue weighted by molar-refractivity contribution is -0.121. The van der Waals surface area contributed by atoms with Gasteiger partial charge in [0.05, 0.1) is 13.2 Å². The van der Waals surface area contributed by atoms with Gasteiger partial charge in [0.1, 0.15) is 5.75 Å². The maximum absolute atomic E-state index is 11.9. The molecule has 0 aliphatic carbocycles. The van der Waals surface area contributed by atoms with E-state index in [-0.39, 0.29) is 18.0 Å². The van der Waals surface area contributed by atoms with Gasteiger partial charge in [0.15, 0.2) is 0 Å². The summed E-state index contributed by atoms with van der Waals surface area (Å²) in [5, 5.41) is 3.03. The third-order valence-corrected chi connectivity index (χ3v) is 4.06. The summed E-state index contributed by atoms with van der Waals surface area (Å²) < 4.78 is 5.32. The van der Waals surface area contributed by atoms with Gasteiger partial charge in [-0.1, -0.05) is 12.1 Å². The van der Waals surface area contributed by atoms with Gasteiger partial charge in [-0.3, -0.25) is 9.69 Å². The molecule has 1 aromatic carbocycles. The van der Waals surface area contributed by atoms with Crippen LogP contribution in [0.25, 0.3) is 0 Å². The van der Waals surface area contributed by atoms with Gasteiger partial charge in [-0.25, -0.2) is 0 Å². The highest BCUT2D eigenvalue weighted by molar-refractivity contribution is 5.76. The first kappa shape index (κ1) is 16.8. The van der Waals surface area contributed by atoms with Crippen molar-refractivity contribution in [3.8, 4) is 5.75 Å². The third-order valence-electron chi connectivity index (χ3n) is 4.06. The number of nitrogens with two attached hydrogens (primary N) is 1. The van der Waals surface area contributed by atoms with Gasteiger partial charge >= 0.3 is 0 Å². The van der Waals surface area contributed by atoms with Crippen LogP contribution in [0.2, 0.25) is 0 Å². The van der Waals surface area contributed by atoms with Gasteiger partial charge in [0, 0.05) is 19.0 Å². The Labute approximate surface area is 132 Å². The monoisotopic (exact) mass is 305 g/mol. The zero-order valence-electron chi connectivity index (χ0n) is 13.5. The second kappa shape index (κ2) is 8.15. The Hall–Kier alpha value is -1.59. The molecule has 0 spiro atoms. The lowest BCUT2D eigenvalue weighted by Crippen LogP contribution is -2.38. The number of rotatable bonds is 7. The largest absolute Gasteiger partial charge is 0.497 e. The van der Waals surface area contributed by atoms with Gasteiger partial charge in [0.25, 0.3) is 0 Å². The molecule has 2 unspecified atom stereocenters. The number of amides is 1. The summed E-state index contributed by atoms with van der Waals surface area (Å²) in [6.07, 6.45) is 2.80. The van der Waals surface area contributed by atoms with E-state index in [0.717, 1.165) is 18.8 Å². The predicted octanol–water partition coefficient (Wildman–Crippen LogP) is 1.69. The van der Waals surface area contributed by atoms with Gasteiger partial charge in [0.2, 0.25) is 5.91 Å². The molecular weight excluding hydrogens is 278 g/mol. The minimum absolute atomic E-state index is 0.0158. The van der Waals surface area contributed by atoms with Gasteiger partial charge in [-0.2, -0.15) is 0 Å². The highest BCUT2D eigenvalue weighted by Crippen LogP contribution is 2.27. The zero-order valence-corrected chi connectivity index (χ0v) is 13.5. The van der Waals surface area contributed by atoms with Crippen molar-refractivity contribution in [2.75, 3.05) is 26.7 Å². The lowest BCUT2D eigenvalue weighted by Gasteiger charge is -2.28. The van der Waals surface area contributed by atoms with Crippen molar-refractivity contribution >= 4 is 5.91 Å². The number of hydrogen-bond donors (Lipinski definition) is 2. The minimum atomic E-state index is -0.109. The third kappa shape index (κ3) is 4.71. The molecule has 1 aromatic rings. The van der Waals surface area contributed by atoms with Gasteiger partial charge < -0.3 is 15.8 Å². The highest BCUT2D eigenvalue weighted by Gasteiger charge is 2.24. The van der Waals surface area contributed by atoms with E-state index >= 15 is 0 Å². The molecule has 5 nitrogen and oxygen atoms in total. The van der Waals surface area contributed by atoms with Gasteiger partial charge in [-0.15, -0.1) is 0 Å². The SMILES string of the molecule is COc1cccc(C(CNC(=O)CC(C)N)N2CCCC2)c1. The maximum atomic E-state index is 11.9. The van der Waals surface area contributed by atoms with Crippen LogP contribution < -0.4 is 15.8 Å². The molecule has 0 radical (unpaired) electrons. The fourth-order valence-corrected chi connectivity index (χ4v) is 2.93. The van der Waals surface area contributed by atoms with Crippen LogP contribution in [0.5, 0.6) is 5.75 Å². The van der Waals surface area contributed by atoms with E-state index in [4.69, 9.17) is 10.5 Å². The standard InChI is InChI=1S/C17H27N3O2/c1-13(18)10-17(21)19-12-16(20-8-3-4-9-20)14-6-5-7-15(11-14)22-2/h5-7,11,13,16H,3-4,8-10,12,18H2,1-2H3,(H,19,21). The fraction of sp³-hybridized carbons (Fsp3) is 0.588. The molecule has 1 aliphatic rings. The Bertz CT molecular complexity index is 485. The highest BCUT2D eigenvalue weighted by atomic mass is 16.5. The summed E-state index contributed by atoms with van der Waals surface area (Å²) in [5.41, 5.74) is 6.87. The van der Waals surface area contributed by atoms with Crippen LogP contribution >= 0.6 is 0 Å². The van der Waals surface area contributed by atoms with Gasteiger partial charge in [-0.05, 0) is 50.6 Å². The van der Waals surface area contributed by atoms with Crippen molar-refractivity contribution in [2.45, 2.75) is 38.3 Å². The number of likely N-dealkylation sites (tertiary alicyclic amines) is 1. The van der Waals surface area contributed by atoms with Crippen molar-refractivity contribution in [2.24, 2.45) is 5.73 Å². The molecule has 122 valence electrons. The van der Waals surface area contributed by atoms with Crippen LogP contribution in [0.4, 0.5) is 0 Å². The molecule has 22 heavy (non-hydrogen) atoms. The van der Waals surface area contributed by atoms with Crippen LogP contribution in [0, 0.1) is 0 Å². The summed E-state index contributed by atoms with van der Waals surface area (Å²) in [7, 11) is 1.67. The predicted molar refractivity (Wildman–Crippen MR) is 87.8 cm³/mol. The number of nitrogens with zero attached hydrogens (tertiary/aromatic N) is 1. The van der Waals surface area contributed by atoms with Crippen molar-refractivity contribution in [1.82, 2.24) is 10.2 Å². The van der Waals surface area contributed by atoms with Crippen LogP contribution in [0.15, 0.2) is 24.3 Å². The molecule has 2 rings (SSSR count). The molecular formula is C17H27N3O2. The topological polar surface area (TPSA) is 67.6 Å². The fourth-order valence-electron chi connectivity index (χ4n) is 2.93. The van der Waals surface area contributed by atoms with E-state index in [2.05, 4.69) is 22.3 Å². The molecule has 0 aromatic heterocycles. The number of ether oxygens (including phenoxy) is 1. The molecule has 1 fully saturated rings. The first-order valence-electron chi connectivity index (χ1n) is 8.00. The molecule has 1 saturated heterocycles. The molecule has 3 N–H and O–H groups in total. The molecule has 0 bridgehead atoms. The van der Waals surface area contributed by atoms with Crippen molar-refractivity contribution in [3.05, 3.63) is 29.8 Å². The molecule has 5 heteroatoms. The maximum Gasteiger partial charge on any atom is 0.221 e. The summed E-state index contributed by atoms with van der Waals surface area (Å²) in [6.45, 7) is 4.61. The Kier molecular flexibility index (Phi) is 6.21. The normalized spacial score (nSPS) is 18.0. The Balaban J connectivity index is 2.07. The summed E-state index contributed by atoms with van der Waals surface area (Å²) in [4.78, 5) is 14.3. The van der Waals surface area contributed by atoms with Crippen molar-refractivity contribution < 1.29 is 9.53 Å². The second-order valence-corrected chi connectivity index (χ2v) is 6.02. The van der Waals surface area contributed by atoms with E-state index in [9.17, 15) is 4.79 Å². The number of methoxy groups -OCH3 is 1. The Morgan fingerprint density at radius 2 is 2.14 bits per heavy atom. The van der Waals surface area contributed by atoms with Crippen molar-refractivity contribution in [3.63, 3.8) is 0 Å². The second-order valence-electron chi connectivity index (χ2n) is 6.02. The molecule has 1 aliphatic heterocycles. The number of nitrogens with one attached hydrogen (secondary N) is 1. The average molecular weight is 305 g/mol. The van der Waals surface area contributed by atoms with E-state index in [0.29, 0.717) is 13.0 Å². The van der Waals surface area contributed by atoms with E-state index in [1.165, 1.54) is 18.4 Å². The summed E-state index contributed by atoms with van der Waals surface area (Å²) in [6, 6.07) is 8.18. The number of carbonyl (C=O) groups excluding carboxylic acids is 1. The smallest absolute Gasteiger partial charge is 0.221 e. The van der Waals surface area contributed by atoms with E-state index in [1.54, 1.807) is 7.11 Å². The Morgan fingerprint density at radius 1 is 1.41 bits per heavy atom. The first-order chi connectivity index (χ1) is 10.6. The van der Waals surface area contributed by atoms with Crippen LogP contribution in [-0.2, 0) is 4.79 Å². The molecule has 2 atom stereocenters.